The van der Waals surface area contributed by atoms with Crippen LogP contribution in [0.2, 0.25) is 0 Å². The van der Waals surface area contributed by atoms with Crippen LogP contribution < -0.4 is 5.32 Å². The van der Waals surface area contributed by atoms with Crippen LogP contribution in [0.1, 0.15) is 64.7 Å². The molecule has 2 heteroatoms. The van der Waals surface area contributed by atoms with Crippen molar-refractivity contribution in [1.82, 2.24) is 10.2 Å². The Labute approximate surface area is 114 Å². The van der Waals surface area contributed by atoms with Crippen LogP contribution in [0.4, 0.5) is 0 Å². The third-order valence-corrected chi connectivity index (χ3v) is 5.20. The van der Waals surface area contributed by atoms with Crippen molar-refractivity contribution < 1.29 is 0 Å². The lowest BCUT2D eigenvalue weighted by Crippen LogP contribution is -2.47. The maximum atomic E-state index is 3.64. The lowest BCUT2D eigenvalue weighted by atomic mass is 9.78. The molecule has 0 aromatic rings. The lowest BCUT2D eigenvalue weighted by molar-refractivity contribution is 0.0811. The summed E-state index contributed by atoms with van der Waals surface area (Å²) in [7, 11) is 2.36. The highest BCUT2D eigenvalue weighted by Gasteiger charge is 2.34. The molecule has 0 aliphatic heterocycles. The molecule has 18 heavy (non-hydrogen) atoms. The normalized spacial score (nSPS) is 24.8. The fourth-order valence-electron chi connectivity index (χ4n) is 3.75. The maximum Gasteiger partial charge on any atom is 0.00924 e. The molecule has 0 aromatic heterocycles. The molecule has 106 valence electrons. The second-order valence-corrected chi connectivity index (χ2v) is 6.69. The van der Waals surface area contributed by atoms with E-state index in [1.165, 1.54) is 70.9 Å². The van der Waals surface area contributed by atoms with Gasteiger partial charge in [-0.1, -0.05) is 39.0 Å². The molecular formula is C16H32N2. The predicted molar refractivity (Wildman–Crippen MR) is 78.9 cm³/mol. The highest BCUT2D eigenvalue weighted by molar-refractivity contribution is 4.89. The molecule has 2 nitrogen and oxygen atoms in total. The average molecular weight is 252 g/mol. The van der Waals surface area contributed by atoms with Gasteiger partial charge in [0.1, 0.15) is 0 Å². The van der Waals surface area contributed by atoms with Crippen LogP contribution in [0.5, 0.6) is 0 Å². The fourth-order valence-corrected chi connectivity index (χ4v) is 3.75. The first kappa shape index (κ1) is 14.3. The molecule has 0 radical (unpaired) electrons. The van der Waals surface area contributed by atoms with Gasteiger partial charge in [-0.25, -0.2) is 0 Å². The number of rotatable bonds is 6. The van der Waals surface area contributed by atoms with E-state index in [4.69, 9.17) is 0 Å². The maximum absolute atomic E-state index is 3.64. The van der Waals surface area contributed by atoms with Gasteiger partial charge < -0.3 is 10.2 Å². The van der Waals surface area contributed by atoms with Gasteiger partial charge in [0.05, 0.1) is 0 Å². The van der Waals surface area contributed by atoms with Crippen LogP contribution in [0, 0.1) is 5.41 Å². The Bertz CT molecular complexity index is 227. The first-order chi connectivity index (χ1) is 8.76. The summed E-state index contributed by atoms with van der Waals surface area (Å²) in [5.74, 6) is 0. The number of nitrogens with one attached hydrogen (secondary N) is 1. The largest absolute Gasteiger partial charge is 0.316 e. The van der Waals surface area contributed by atoms with Gasteiger partial charge in [0.2, 0.25) is 0 Å². The van der Waals surface area contributed by atoms with Gasteiger partial charge in [0.15, 0.2) is 0 Å². The fraction of sp³-hybridized carbons (Fsp3) is 1.00. The molecule has 2 saturated carbocycles. The Morgan fingerprint density at radius 2 is 1.72 bits per heavy atom. The van der Waals surface area contributed by atoms with E-state index >= 15 is 0 Å². The zero-order valence-electron chi connectivity index (χ0n) is 12.5. The molecule has 2 aliphatic rings. The van der Waals surface area contributed by atoms with Crippen LogP contribution in [0.15, 0.2) is 0 Å². The van der Waals surface area contributed by atoms with E-state index in [0.717, 1.165) is 12.6 Å². The third kappa shape index (κ3) is 3.71. The average Bonchev–Trinajstić information content (AvgIpc) is 2.50. The quantitative estimate of drug-likeness (QED) is 0.729. The van der Waals surface area contributed by atoms with Crippen molar-refractivity contribution in [2.45, 2.75) is 70.8 Å². The van der Waals surface area contributed by atoms with Crippen molar-refractivity contribution >= 4 is 0 Å². The van der Waals surface area contributed by atoms with Gasteiger partial charge >= 0.3 is 0 Å². The Balaban J connectivity index is 1.92. The minimum absolute atomic E-state index is 0.566. The standard InChI is InChI=1S/C16H32N2/c1-3-17-13-16(11-6-4-5-7-12-16)14-18(2)15-9-8-10-15/h15,17H,3-14H2,1-2H3. The highest BCUT2D eigenvalue weighted by Crippen LogP contribution is 2.37. The molecule has 0 amide bonds. The Morgan fingerprint density at radius 1 is 1.06 bits per heavy atom. The summed E-state index contributed by atoms with van der Waals surface area (Å²) in [5.41, 5.74) is 0.566. The predicted octanol–water partition coefficient (Wildman–Crippen LogP) is 3.42. The summed E-state index contributed by atoms with van der Waals surface area (Å²) in [6.45, 7) is 5.92. The summed E-state index contributed by atoms with van der Waals surface area (Å²) >= 11 is 0. The van der Waals surface area contributed by atoms with E-state index in [0.29, 0.717) is 5.41 Å². The smallest absolute Gasteiger partial charge is 0.00924 e. The van der Waals surface area contributed by atoms with Gasteiger partial charge in [-0.2, -0.15) is 0 Å². The first-order valence-electron chi connectivity index (χ1n) is 8.17. The molecule has 2 rings (SSSR count). The molecule has 0 aromatic carbocycles. The van der Waals surface area contributed by atoms with E-state index in [1.807, 2.05) is 0 Å². The van der Waals surface area contributed by atoms with Crippen molar-refractivity contribution in [1.29, 1.82) is 0 Å². The molecule has 1 N–H and O–H groups in total. The van der Waals surface area contributed by atoms with E-state index in [1.54, 1.807) is 0 Å². The van der Waals surface area contributed by atoms with Crippen LogP contribution in [-0.2, 0) is 0 Å². The molecule has 0 bridgehead atoms. The molecular weight excluding hydrogens is 220 g/mol. The highest BCUT2D eigenvalue weighted by atomic mass is 15.1. The minimum Gasteiger partial charge on any atom is -0.316 e. The van der Waals surface area contributed by atoms with E-state index in [-0.39, 0.29) is 0 Å². The molecule has 0 saturated heterocycles. The van der Waals surface area contributed by atoms with Crippen molar-refractivity contribution in [3.8, 4) is 0 Å². The van der Waals surface area contributed by atoms with Gasteiger partial charge in [0.25, 0.3) is 0 Å². The van der Waals surface area contributed by atoms with E-state index in [2.05, 4.69) is 24.2 Å². The summed E-state index contributed by atoms with van der Waals surface area (Å²) in [4.78, 5) is 2.67. The second kappa shape index (κ2) is 6.91. The zero-order chi connectivity index (χ0) is 12.8. The number of hydrogen-bond acceptors (Lipinski definition) is 2. The summed E-state index contributed by atoms with van der Waals surface area (Å²) in [6.07, 6.45) is 13.0. The third-order valence-electron chi connectivity index (χ3n) is 5.20. The van der Waals surface area contributed by atoms with Crippen molar-refractivity contribution in [3.05, 3.63) is 0 Å². The van der Waals surface area contributed by atoms with Gasteiger partial charge in [-0.05, 0) is 44.7 Å². The van der Waals surface area contributed by atoms with Gasteiger partial charge in [0, 0.05) is 19.1 Å². The van der Waals surface area contributed by atoms with Crippen LogP contribution >= 0.6 is 0 Å². The summed E-state index contributed by atoms with van der Waals surface area (Å²) in [5, 5.41) is 3.64. The SMILES string of the molecule is CCNCC1(CN(C)C2CCC2)CCCCCC1. The topological polar surface area (TPSA) is 15.3 Å². The van der Waals surface area contributed by atoms with E-state index < -0.39 is 0 Å². The number of hydrogen-bond donors (Lipinski definition) is 1. The first-order valence-corrected chi connectivity index (χ1v) is 8.17. The monoisotopic (exact) mass is 252 g/mol. The summed E-state index contributed by atoms with van der Waals surface area (Å²) in [6, 6.07) is 0.895. The Hall–Kier alpha value is -0.0800. The molecule has 0 atom stereocenters. The molecule has 0 spiro atoms. The van der Waals surface area contributed by atoms with Crippen molar-refractivity contribution in [3.63, 3.8) is 0 Å². The molecule has 2 aliphatic carbocycles. The second-order valence-electron chi connectivity index (χ2n) is 6.69. The minimum atomic E-state index is 0.566. The lowest BCUT2D eigenvalue weighted by Gasteiger charge is -2.42. The molecule has 0 unspecified atom stereocenters. The number of nitrogens with zero attached hydrogens (tertiary/aromatic N) is 1. The molecule has 0 heterocycles. The van der Waals surface area contributed by atoms with Crippen molar-refractivity contribution in [2.24, 2.45) is 5.41 Å². The van der Waals surface area contributed by atoms with Crippen LogP contribution in [0.3, 0.4) is 0 Å². The Morgan fingerprint density at radius 3 is 2.22 bits per heavy atom. The molecule has 2 fully saturated rings. The van der Waals surface area contributed by atoms with Crippen molar-refractivity contribution in [2.75, 3.05) is 26.7 Å². The summed E-state index contributed by atoms with van der Waals surface area (Å²) < 4.78 is 0. The zero-order valence-corrected chi connectivity index (χ0v) is 12.5. The van der Waals surface area contributed by atoms with Gasteiger partial charge in [-0.3, -0.25) is 0 Å². The van der Waals surface area contributed by atoms with Gasteiger partial charge in [-0.15, -0.1) is 0 Å². The Kier molecular flexibility index (Phi) is 5.50. The van der Waals surface area contributed by atoms with Crippen LogP contribution in [-0.4, -0.2) is 37.6 Å². The van der Waals surface area contributed by atoms with E-state index in [9.17, 15) is 0 Å². The van der Waals surface area contributed by atoms with Crippen LogP contribution in [0.25, 0.3) is 0 Å².